The topological polar surface area (TPSA) is 67.1 Å². The van der Waals surface area contributed by atoms with Gasteiger partial charge in [0.25, 0.3) is 0 Å². The fourth-order valence-corrected chi connectivity index (χ4v) is 5.01. The Morgan fingerprint density at radius 3 is 2.17 bits per heavy atom. The van der Waals surface area contributed by atoms with E-state index in [1.54, 1.807) is 6.92 Å². The van der Waals surface area contributed by atoms with Crippen LogP contribution in [0.3, 0.4) is 0 Å². The van der Waals surface area contributed by atoms with Crippen molar-refractivity contribution in [2.75, 3.05) is 6.54 Å². The largest absolute Gasteiger partial charge is 0.354 e. The molecule has 1 amide bonds. The highest BCUT2D eigenvalue weighted by Crippen LogP contribution is 2.59. The lowest BCUT2D eigenvalue weighted by atomic mass is 9.49. The molecule has 18 heavy (non-hydrogen) atoms. The Bertz CT molecular complexity index is 307. The zero-order valence-corrected chi connectivity index (χ0v) is 11.2. The zero-order valence-electron chi connectivity index (χ0n) is 11.2. The molecule has 0 radical (unpaired) electrons. The third-order valence-electron chi connectivity index (χ3n) is 5.45. The summed E-state index contributed by atoms with van der Waals surface area (Å²) in [5.74, 6) is 8.16. The third kappa shape index (κ3) is 2.16. The van der Waals surface area contributed by atoms with Crippen molar-refractivity contribution in [2.45, 2.75) is 51.5 Å². The number of hydrogen-bond acceptors (Lipinski definition) is 3. The second kappa shape index (κ2) is 4.49. The quantitative estimate of drug-likeness (QED) is 0.519. The van der Waals surface area contributed by atoms with Gasteiger partial charge >= 0.3 is 0 Å². The molecule has 0 aromatic heterocycles. The monoisotopic (exact) mass is 251 g/mol. The molecular formula is C14H25N3O. The molecule has 0 heterocycles. The number of hydrazine groups is 1. The molecule has 0 spiro atoms. The summed E-state index contributed by atoms with van der Waals surface area (Å²) in [6, 6.07) is -0.293. The van der Waals surface area contributed by atoms with Crippen molar-refractivity contribution < 1.29 is 4.79 Å². The highest BCUT2D eigenvalue weighted by atomic mass is 16.2. The van der Waals surface area contributed by atoms with E-state index in [1.807, 2.05) is 0 Å². The first-order valence-electron chi connectivity index (χ1n) is 7.34. The van der Waals surface area contributed by atoms with Crippen LogP contribution >= 0.6 is 0 Å². The Morgan fingerprint density at radius 2 is 1.72 bits per heavy atom. The van der Waals surface area contributed by atoms with Gasteiger partial charge in [0, 0.05) is 6.54 Å². The molecule has 4 saturated carbocycles. The first-order chi connectivity index (χ1) is 8.60. The maximum atomic E-state index is 11.8. The summed E-state index contributed by atoms with van der Waals surface area (Å²) < 4.78 is 0. The van der Waals surface area contributed by atoms with Crippen LogP contribution in [0.25, 0.3) is 0 Å². The minimum atomic E-state index is -0.293. The van der Waals surface area contributed by atoms with Gasteiger partial charge in [-0.2, -0.15) is 0 Å². The van der Waals surface area contributed by atoms with Crippen LogP contribution in [0.4, 0.5) is 0 Å². The Kier molecular flexibility index (Phi) is 3.10. The van der Waals surface area contributed by atoms with E-state index in [9.17, 15) is 4.79 Å². The summed E-state index contributed by atoms with van der Waals surface area (Å²) in [5, 5.41) is 3.11. The van der Waals surface area contributed by atoms with Crippen LogP contribution in [0.5, 0.6) is 0 Å². The molecule has 1 unspecified atom stereocenters. The highest BCUT2D eigenvalue weighted by molar-refractivity contribution is 5.81. The van der Waals surface area contributed by atoms with Crippen molar-refractivity contribution >= 4 is 5.91 Å². The van der Waals surface area contributed by atoms with Crippen LogP contribution in [0.15, 0.2) is 0 Å². The van der Waals surface area contributed by atoms with Crippen molar-refractivity contribution in [1.82, 2.24) is 10.7 Å². The first-order valence-corrected chi connectivity index (χ1v) is 7.34. The number of carbonyl (C=O) groups is 1. The minimum absolute atomic E-state index is 0.0354. The summed E-state index contributed by atoms with van der Waals surface area (Å²) in [6.45, 7) is 2.66. The number of rotatable bonds is 4. The van der Waals surface area contributed by atoms with E-state index in [0.717, 1.165) is 24.3 Å². The normalized spacial score (nSPS) is 42.9. The summed E-state index contributed by atoms with van der Waals surface area (Å²) in [5.41, 5.74) is 2.93. The molecular weight excluding hydrogens is 226 g/mol. The SMILES string of the molecule is CC(NN)C(=O)NCC12CC3CC(CC(C3)C1)C2. The molecule has 102 valence electrons. The third-order valence-corrected chi connectivity index (χ3v) is 5.45. The fraction of sp³-hybridized carbons (Fsp3) is 0.929. The molecule has 0 aromatic carbocycles. The molecule has 4 fully saturated rings. The van der Waals surface area contributed by atoms with E-state index in [4.69, 9.17) is 5.84 Å². The van der Waals surface area contributed by atoms with Crippen LogP contribution < -0.4 is 16.6 Å². The van der Waals surface area contributed by atoms with Crippen molar-refractivity contribution in [3.8, 4) is 0 Å². The van der Waals surface area contributed by atoms with Crippen molar-refractivity contribution in [1.29, 1.82) is 0 Å². The van der Waals surface area contributed by atoms with Crippen LogP contribution in [0.1, 0.15) is 45.4 Å². The molecule has 4 N–H and O–H groups in total. The summed E-state index contributed by atoms with van der Waals surface area (Å²) in [6.07, 6.45) is 8.37. The second-order valence-electron chi connectivity index (χ2n) is 7.02. The second-order valence-corrected chi connectivity index (χ2v) is 7.02. The van der Waals surface area contributed by atoms with E-state index in [-0.39, 0.29) is 11.9 Å². The number of hydrogen-bond donors (Lipinski definition) is 3. The molecule has 0 saturated heterocycles. The average Bonchev–Trinajstić information content (AvgIpc) is 2.33. The standard InChI is InChI=1S/C14H25N3O/c1-9(17-15)13(18)16-8-14-5-10-2-11(6-14)4-12(3-10)7-14/h9-12,17H,2-8,15H2,1H3,(H,16,18). The number of carbonyl (C=O) groups excluding carboxylic acids is 1. The van der Waals surface area contributed by atoms with Crippen LogP contribution in [0, 0.1) is 23.2 Å². The van der Waals surface area contributed by atoms with E-state index in [1.165, 1.54) is 38.5 Å². The van der Waals surface area contributed by atoms with Crippen molar-refractivity contribution in [3.05, 3.63) is 0 Å². The van der Waals surface area contributed by atoms with Gasteiger partial charge in [-0.3, -0.25) is 10.6 Å². The molecule has 1 atom stereocenters. The van der Waals surface area contributed by atoms with Gasteiger partial charge in [-0.1, -0.05) is 0 Å². The average molecular weight is 251 g/mol. The van der Waals surface area contributed by atoms with Gasteiger partial charge < -0.3 is 5.32 Å². The Labute approximate surface area is 109 Å². The number of amides is 1. The van der Waals surface area contributed by atoms with E-state index in [2.05, 4.69) is 10.7 Å². The predicted octanol–water partition coefficient (Wildman–Crippen LogP) is 1.17. The molecule has 0 aromatic rings. The Balaban J connectivity index is 1.61. The minimum Gasteiger partial charge on any atom is -0.354 e. The molecule has 4 heteroatoms. The van der Waals surface area contributed by atoms with Crippen LogP contribution in [0.2, 0.25) is 0 Å². The molecule has 4 bridgehead atoms. The van der Waals surface area contributed by atoms with Crippen molar-refractivity contribution in [2.24, 2.45) is 29.0 Å². The van der Waals surface area contributed by atoms with Gasteiger partial charge in [-0.25, -0.2) is 5.43 Å². The van der Waals surface area contributed by atoms with Crippen LogP contribution in [-0.4, -0.2) is 18.5 Å². The van der Waals surface area contributed by atoms with Crippen molar-refractivity contribution in [3.63, 3.8) is 0 Å². The molecule has 4 nitrogen and oxygen atoms in total. The Hall–Kier alpha value is -0.610. The summed E-state index contributed by atoms with van der Waals surface area (Å²) in [7, 11) is 0. The molecule has 0 aliphatic heterocycles. The Morgan fingerprint density at radius 1 is 1.22 bits per heavy atom. The van der Waals surface area contributed by atoms with Gasteiger partial charge in [0.1, 0.15) is 0 Å². The van der Waals surface area contributed by atoms with Gasteiger partial charge in [-0.05, 0) is 68.6 Å². The molecule has 4 aliphatic rings. The van der Waals surface area contributed by atoms with Gasteiger partial charge in [-0.15, -0.1) is 0 Å². The fourth-order valence-electron chi connectivity index (χ4n) is 5.01. The first kappa shape index (κ1) is 12.4. The summed E-state index contributed by atoms with van der Waals surface area (Å²) >= 11 is 0. The lowest BCUT2D eigenvalue weighted by Crippen LogP contribution is -2.53. The van der Waals surface area contributed by atoms with Crippen LogP contribution in [-0.2, 0) is 4.79 Å². The van der Waals surface area contributed by atoms with Gasteiger partial charge in [0.15, 0.2) is 0 Å². The lowest BCUT2D eigenvalue weighted by Gasteiger charge is -2.57. The highest BCUT2D eigenvalue weighted by Gasteiger charge is 2.50. The predicted molar refractivity (Wildman–Crippen MR) is 70.4 cm³/mol. The maximum Gasteiger partial charge on any atom is 0.238 e. The summed E-state index contributed by atoms with van der Waals surface area (Å²) in [4.78, 5) is 11.8. The smallest absolute Gasteiger partial charge is 0.238 e. The van der Waals surface area contributed by atoms with Gasteiger partial charge in [0.05, 0.1) is 6.04 Å². The van der Waals surface area contributed by atoms with E-state index in [0.29, 0.717) is 5.41 Å². The van der Waals surface area contributed by atoms with E-state index >= 15 is 0 Å². The van der Waals surface area contributed by atoms with Gasteiger partial charge in [0.2, 0.25) is 5.91 Å². The molecule has 4 aliphatic carbocycles. The lowest BCUT2D eigenvalue weighted by molar-refractivity contribution is -0.124. The molecule has 4 rings (SSSR count). The number of nitrogens with one attached hydrogen (secondary N) is 2. The zero-order chi connectivity index (χ0) is 12.8. The number of nitrogens with two attached hydrogens (primary N) is 1. The maximum absolute atomic E-state index is 11.8. The van der Waals surface area contributed by atoms with E-state index < -0.39 is 0 Å².